The lowest BCUT2D eigenvalue weighted by Gasteiger charge is -2.25. The van der Waals surface area contributed by atoms with Crippen molar-refractivity contribution in [3.63, 3.8) is 0 Å². The van der Waals surface area contributed by atoms with Crippen molar-refractivity contribution in [2.24, 2.45) is 0 Å². The van der Waals surface area contributed by atoms with Crippen molar-refractivity contribution < 1.29 is 19.7 Å². The zero-order chi connectivity index (χ0) is 21.8. The molecule has 0 saturated carbocycles. The number of nitrogens with zero attached hydrogens (tertiary/aromatic N) is 2. The van der Waals surface area contributed by atoms with Crippen molar-refractivity contribution in [2.75, 3.05) is 44.1 Å². The van der Waals surface area contributed by atoms with E-state index in [1.807, 2.05) is 79.5 Å². The van der Waals surface area contributed by atoms with E-state index in [9.17, 15) is 15.0 Å². The molecule has 30 heavy (non-hydrogen) atoms. The number of ether oxygens (including phenoxy) is 1. The van der Waals surface area contributed by atoms with Crippen molar-refractivity contribution in [3.8, 4) is 0 Å². The van der Waals surface area contributed by atoms with Crippen LogP contribution in [0.4, 0.5) is 11.4 Å². The summed E-state index contributed by atoms with van der Waals surface area (Å²) < 4.78 is 5.11. The molecule has 0 bridgehead atoms. The minimum Gasteiger partial charge on any atom is -0.506 e. The maximum Gasteiger partial charge on any atom is 0.297 e. The Bertz CT molecular complexity index is 979. The predicted octanol–water partition coefficient (Wildman–Crippen LogP) is 3.04. The summed E-state index contributed by atoms with van der Waals surface area (Å²) in [5.74, 6) is -0.0177. The van der Waals surface area contributed by atoms with Crippen molar-refractivity contribution in [1.82, 2.24) is 0 Å². The minimum absolute atomic E-state index is 0.0951. The smallest absolute Gasteiger partial charge is 0.297 e. The summed E-state index contributed by atoms with van der Waals surface area (Å²) in [6, 6.07) is 15.2. The summed E-state index contributed by atoms with van der Waals surface area (Å²) in [5.41, 5.74) is 4.44. The van der Waals surface area contributed by atoms with Gasteiger partial charge in [-0.3, -0.25) is 4.79 Å². The van der Waals surface area contributed by atoms with E-state index < -0.39 is 0 Å². The van der Waals surface area contributed by atoms with Crippen LogP contribution in [0.1, 0.15) is 11.1 Å². The second kappa shape index (κ2) is 8.99. The fourth-order valence-electron chi connectivity index (χ4n) is 3.30. The number of rotatable bonds is 8. The van der Waals surface area contributed by atoms with Gasteiger partial charge in [0, 0.05) is 38.8 Å². The van der Waals surface area contributed by atoms with Gasteiger partial charge in [0.25, 0.3) is 5.97 Å². The van der Waals surface area contributed by atoms with Gasteiger partial charge in [-0.2, -0.15) is 0 Å². The van der Waals surface area contributed by atoms with Crippen LogP contribution in [0.25, 0.3) is 11.1 Å². The van der Waals surface area contributed by atoms with Gasteiger partial charge in [0.2, 0.25) is 0 Å². The Morgan fingerprint density at radius 1 is 0.867 bits per heavy atom. The molecule has 0 radical (unpaired) electrons. The van der Waals surface area contributed by atoms with E-state index in [1.54, 1.807) is 7.85 Å². The molecule has 6 nitrogen and oxygen atoms in total. The Labute approximate surface area is 178 Å². The summed E-state index contributed by atoms with van der Waals surface area (Å²) in [6.07, 6.45) is 0.371. The third-order valence-corrected chi connectivity index (χ3v) is 5.19. The van der Waals surface area contributed by atoms with Gasteiger partial charge in [0.05, 0.1) is 17.7 Å². The summed E-state index contributed by atoms with van der Waals surface area (Å²) >= 11 is 0. The SMILES string of the molecule is BCC(=O)OCCN(C)c1ccc(C2=C(O)C(c3ccc(N(C)C)cc3)=C2O)cc1. The first kappa shape index (κ1) is 21.4. The van der Waals surface area contributed by atoms with E-state index in [2.05, 4.69) is 0 Å². The molecule has 7 heteroatoms. The number of carbonyl (C=O) groups is 1. The van der Waals surface area contributed by atoms with Crippen LogP contribution in [0.3, 0.4) is 0 Å². The van der Waals surface area contributed by atoms with Gasteiger partial charge >= 0.3 is 0 Å². The number of likely N-dealkylation sites (N-methyl/N-ethyl adjacent to an activating group) is 1. The molecule has 0 amide bonds. The number of benzene rings is 2. The lowest BCUT2D eigenvalue weighted by Crippen LogP contribution is -2.23. The van der Waals surface area contributed by atoms with E-state index >= 15 is 0 Å². The average Bonchev–Trinajstić information content (AvgIpc) is 2.74. The molecule has 0 heterocycles. The molecule has 1 aliphatic carbocycles. The van der Waals surface area contributed by atoms with Gasteiger partial charge in [-0.25, -0.2) is 0 Å². The van der Waals surface area contributed by atoms with Crippen LogP contribution in [0, 0.1) is 0 Å². The van der Waals surface area contributed by atoms with Gasteiger partial charge in [0.15, 0.2) is 0 Å². The van der Waals surface area contributed by atoms with E-state index in [-0.39, 0.29) is 17.5 Å². The summed E-state index contributed by atoms with van der Waals surface area (Å²) in [4.78, 5) is 15.2. The van der Waals surface area contributed by atoms with Gasteiger partial charge < -0.3 is 24.7 Å². The third-order valence-electron chi connectivity index (χ3n) is 5.19. The number of aliphatic hydroxyl groups excluding tert-OH is 2. The summed E-state index contributed by atoms with van der Waals surface area (Å²) in [6.45, 7) is 0.910. The topological polar surface area (TPSA) is 73.2 Å². The van der Waals surface area contributed by atoms with Gasteiger partial charge in [0.1, 0.15) is 26.0 Å². The first-order chi connectivity index (χ1) is 14.3. The zero-order valence-corrected chi connectivity index (χ0v) is 17.8. The number of esters is 1. The fourth-order valence-corrected chi connectivity index (χ4v) is 3.30. The highest BCUT2D eigenvalue weighted by Gasteiger charge is 2.31. The van der Waals surface area contributed by atoms with Gasteiger partial charge in [-0.05, 0) is 35.4 Å². The first-order valence-electron chi connectivity index (χ1n) is 9.95. The molecule has 2 aromatic carbocycles. The highest BCUT2D eigenvalue weighted by molar-refractivity contribution is 6.18. The molecule has 0 saturated heterocycles. The molecule has 3 rings (SSSR count). The van der Waals surface area contributed by atoms with Crippen LogP contribution < -0.4 is 9.80 Å². The van der Waals surface area contributed by atoms with E-state index in [0.717, 1.165) is 22.5 Å². The summed E-state index contributed by atoms with van der Waals surface area (Å²) in [7, 11) is 7.61. The number of carbonyl (C=O) groups excluding carboxylic acids is 1. The third kappa shape index (κ3) is 4.30. The first-order valence-corrected chi connectivity index (χ1v) is 9.95. The molecule has 156 valence electrons. The molecule has 2 N–H and O–H groups in total. The molecular formula is C23H27BN2O4. The Kier molecular flexibility index (Phi) is 6.40. The molecule has 2 aromatic rings. The van der Waals surface area contributed by atoms with Crippen molar-refractivity contribution >= 4 is 36.3 Å². The molecule has 0 unspecified atom stereocenters. The lowest BCUT2D eigenvalue weighted by molar-refractivity contribution is -0.140. The standard InChI is InChI=1S/C23H27BN2O4/c1-25(2)17-8-4-15(5-9-17)20-22(28)21(23(20)29)16-6-10-18(11-7-16)26(3)12-13-30-19(27)14-24/h4-11,28-29H,12-14,24H2,1-3H3. The van der Waals surface area contributed by atoms with Crippen LogP contribution in [-0.2, 0) is 9.53 Å². The van der Waals surface area contributed by atoms with Crippen molar-refractivity contribution in [1.29, 1.82) is 0 Å². The zero-order valence-electron chi connectivity index (χ0n) is 17.8. The van der Waals surface area contributed by atoms with Gasteiger partial charge in [-0.1, -0.05) is 24.3 Å². The Morgan fingerprint density at radius 3 is 1.77 bits per heavy atom. The monoisotopic (exact) mass is 406 g/mol. The predicted molar refractivity (Wildman–Crippen MR) is 124 cm³/mol. The van der Waals surface area contributed by atoms with Crippen LogP contribution in [0.15, 0.2) is 60.0 Å². The van der Waals surface area contributed by atoms with Crippen LogP contribution in [-0.4, -0.2) is 58.3 Å². The van der Waals surface area contributed by atoms with E-state index in [1.165, 1.54) is 0 Å². The molecule has 0 atom stereocenters. The molecule has 1 aliphatic rings. The number of hydrogen-bond donors (Lipinski definition) is 2. The van der Waals surface area contributed by atoms with E-state index in [4.69, 9.17) is 4.74 Å². The second-order valence-electron chi connectivity index (χ2n) is 7.43. The van der Waals surface area contributed by atoms with E-state index in [0.29, 0.717) is 30.6 Å². The largest absolute Gasteiger partial charge is 0.506 e. The number of allylic oxidation sites excluding steroid dienone is 2. The molecular weight excluding hydrogens is 379 g/mol. The highest BCUT2D eigenvalue weighted by atomic mass is 16.5. The van der Waals surface area contributed by atoms with Crippen LogP contribution >= 0.6 is 0 Å². The quantitative estimate of drug-likeness (QED) is 0.519. The lowest BCUT2D eigenvalue weighted by atomic mass is 9.84. The van der Waals surface area contributed by atoms with Crippen molar-refractivity contribution in [3.05, 3.63) is 71.2 Å². The average molecular weight is 406 g/mol. The highest BCUT2D eigenvalue weighted by Crippen LogP contribution is 2.44. The molecule has 0 aromatic heterocycles. The Balaban J connectivity index is 1.69. The minimum atomic E-state index is -0.208. The maximum absolute atomic E-state index is 11.2. The van der Waals surface area contributed by atoms with Crippen molar-refractivity contribution in [2.45, 2.75) is 6.32 Å². The Hall–Kier alpha value is -3.35. The number of hydrogen-bond acceptors (Lipinski definition) is 6. The number of anilines is 2. The molecule has 0 aliphatic heterocycles. The normalized spacial score (nSPS) is 13.2. The second-order valence-corrected chi connectivity index (χ2v) is 7.43. The Morgan fingerprint density at radius 2 is 1.33 bits per heavy atom. The maximum atomic E-state index is 11.2. The molecule has 0 fully saturated rings. The number of aliphatic hydroxyl groups is 2. The van der Waals surface area contributed by atoms with Crippen LogP contribution in [0.5, 0.6) is 0 Å². The molecule has 0 spiro atoms. The summed E-state index contributed by atoms with van der Waals surface area (Å²) in [5, 5.41) is 21.2. The van der Waals surface area contributed by atoms with Gasteiger partial charge in [-0.15, -0.1) is 0 Å². The van der Waals surface area contributed by atoms with Crippen LogP contribution in [0.2, 0.25) is 6.32 Å². The fraction of sp³-hybridized carbons (Fsp3) is 0.261.